The molecule has 0 fully saturated rings. The molecule has 2 unspecified atom stereocenters. The van der Waals surface area contributed by atoms with E-state index in [1.54, 1.807) is 5.92 Å². The molecule has 0 aliphatic rings. The predicted molar refractivity (Wildman–Crippen MR) is 66.3 cm³/mol. The number of hydrogen-bond donors (Lipinski definition) is 0. The summed E-state index contributed by atoms with van der Waals surface area (Å²) in [7, 11) is 0. The van der Waals surface area contributed by atoms with Crippen molar-refractivity contribution < 1.29 is 0 Å². The summed E-state index contributed by atoms with van der Waals surface area (Å²) in [4.78, 5) is 0. The molecule has 0 aromatic rings. The van der Waals surface area contributed by atoms with Gasteiger partial charge in [-0.05, 0) is 30.1 Å². The van der Waals surface area contributed by atoms with Gasteiger partial charge in [0.2, 0.25) is 0 Å². The molecule has 0 aromatic heterocycles. The van der Waals surface area contributed by atoms with Gasteiger partial charge in [0.25, 0.3) is 0 Å². The Morgan fingerprint density at radius 3 is 1.93 bits per heavy atom. The molecule has 2 atom stereocenters. The fourth-order valence-electron chi connectivity index (χ4n) is 2.79. The number of rotatable bonds is 7. The maximum absolute atomic E-state index is 2.48. The Labute approximate surface area is 91.5 Å². The molecule has 0 saturated heterocycles. The lowest BCUT2D eigenvalue weighted by Crippen LogP contribution is -2.29. The normalized spacial score (nSPS) is 18.2. The van der Waals surface area contributed by atoms with Gasteiger partial charge in [-0.1, -0.05) is 60.8 Å². The van der Waals surface area contributed by atoms with E-state index in [1.807, 2.05) is 0 Å². The lowest BCUT2D eigenvalue weighted by molar-refractivity contribution is 0.158. The van der Waals surface area contributed by atoms with Gasteiger partial charge < -0.3 is 0 Å². The molecular formula is C14H29. The van der Waals surface area contributed by atoms with Crippen LogP contribution in [0.25, 0.3) is 0 Å². The minimum atomic E-state index is 0.545. The third kappa shape index (κ3) is 3.63. The van der Waals surface area contributed by atoms with Crippen LogP contribution in [0.3, 0.4) is 0 Å². The van der Waals surface area contributed by atoms with E-state index in [4.69, 9.17) is 0 Å². The van der Waals surface area contributed by atoms with E-state index in [2.05, 4.69) is 41.5 Å². The van der Waals surface area contributed by atoms with Crippen molar-refractivity contribution in [2.24, 2.45) is 11.3 Å². The molecule has 0 spiro atoms. The Morgan fingerprint density at radius 2 is 1.64 bits per heavy atom. The van der Waals surface area contributed by atoms with E-state index < -0.39 is 0 Å². The molecule has 85 valence electrons. The maximum atomic E-state index is 2.48. The van der Waals surface area contributed by atoms with Crippen molar-refractivity contribution in [2.75, 3.05) is 0 Å². The third-order valence-corrected chi connectivity index (χ3v) is 3.74. The molecule has 0 aromatic carbocycles. The van der Waals surface area contributed by atoms with Crippen LogP contribution in [0.5, 0.6) is 0 Å². The molecule has 0 bridgehead atoms. The predicted octanol–water partition coefficient (Wildman–Crippen LogP) is 5.23. The Bertz CT molecular complexity index is 137. The van der Waals surface area contributed by atoms with Crippen LogP contribution in [0.2, 0.25) is 0 Å². The summed E-state index contributed by atoms with van der Waals surface area (Å²) in [6.45, 7) is 14.1. The van der Waals surface area contributed by atoms with E-state index in [-0.39, 0.29) is 0 Å². The molecule has 0 aliphatic heterocycles. The summed E-state index contributed by atoms with van der Waals surface area (Å²) in [5, 5.41) is 0. The quantitative estimate of drug-likeness (QED) is 0.524. The summed E-state index contributed by atoms with van der Waals surface area (Å²) in [5.74, 6) is 2.46. The van der Waals surface area contributed by atoms with Gasteiger partial charge >= 0.3 is 0 Å². The molecule has 0 N–H and O–H groups in total. The Balaban J connectivity index is 4.55. The van der Waals surface area contributed by atoms with Crippen molar-refractivity contribution in [1.29, 1.82) is 0 Å². The van der Waals surface area contributed by atoms with Gasteiger partial charge in [-0.3, -0.25) is 0 Å². The van der Waals surface area contributed by atoms with Gasteiger partial charge in [-0.2, -0.15) is 0 Å². The fourth-order valence-corrected chi connectivity index (χ4v) is 2.79. The topological polar surface area (TPSA) is 0 Å². The van der Waals surface area contributed by atoms with Crippen molar-refractivity contribution in [3.63, 3.8) is 0 Å². The zero-order chi connectivity index (χ0) is 11.2. The van der Waals surface area contributed by atoms with Crippen LogP contribution < -0.4 is 0 Å². The Morgan fingerprint density at radius 1 is 1.07 bits per heavy atom. The summed E-state index contributed by atoms with van der Waals surface area (Å²) >= 11 is 0. The van der Waals surface area contributed by atoms with E-state index in [1.165, 1.54) is 32.1 Å². The first-order valence-electron chi connectivity index (χ1n) is 6.31. The summed E-state index contributed by atoms with van der Waals surface area (Å²) < 4.78 is 0. The van der Waals surface area contributed by atoms with E-state index in [0.717, 1.165) is 5.92 Å². The first kappa shape index (κ1) is 14.0. The Hall–Kier alpha value is 0. The fraction of sp³-hybridized carbons (Fsp3) is 0.929. The molecule has 14 heavy (non-hydrogen) atoms. The third-order valence-electron chi connectivity index (χ3n) is 3.74. The smallest absolute Gasteiger partial charge is 0.0267 e. The monoisotopic (exact) mass is 197 g/mol. The highest BCUT2D eigenvalue weighted by Crippen LogP contribution is 2.43. The first-order valence-corrected chi connectivity index (χ1v) is 6.31. The minimum Gasteiger partial charge on any atom is -0.0654 e. The molecule has 0 heteroatoms. The van der Waals surface area contributed by atoms with E-state index in [9.17, 15) is 0 Å². The molecular weight excluding hydrogens is 168 g/mol. The maximum Gasteiger partial charge on any atom is -0.0267 e. The molecule has 0 saturated carbocycles. The highest BCUT2D eigenvalue weighted by Gasteiger charge is 2.32. The second kappa shape index (κ2) is 6.48. The standard InChI is InChI=1S/C14H29/c1-7-10-13(12(4)5)14(6,9-3)11-8-2/h13H,7-11H2,1-6H3. The highest BCUT2D eigenvalue weighted by atomic mass is 14.4. The molecule has 0 heterocycles. The van der Waals surface area contributed by atoms with Gasteiger partial charge in [0.05, 0.1) is 0 Å². The second-order valence-corrected chi connectivity index (χ2v) is 5.18. The average molecular weight is 197 g/mol. The molecule has 0 rings (SSSR count). The van der Waals surface area contributed by atoms with Gasteiger partial charge in [-0.25, -0.2) is 0 Å². The van der Waals surface area contributed by atoms with Crippen LogP contribution in [0.15, 0.2) is 0 Å². The zero-order valence-corrected chi connectivity index (χ0v) is 11.1. The van der Waals surface area contributed by atoms with Crippen LogP contribution in [-0.2, 0) is 0 Å². The molecule has 0 amide bonds. The van der Waals surface area contributed by atoms with Crippen molar-refractivity contribution in [1.82, 2.24) is 0 Å². The molecule has 1 radical (unpaired) electrons. The van der Waals surface area contributed by atoms with E-state index in [0.29, 0.717) is 5.41 Å². The first-order chi connectivity index (χ1) is 6.51. The van der Waals surface area contributed by atoms with Crippen molar-refractivity contribution in [2.45, 2.75) is 73.6 Å². The molecule has 0 aliphatic carbocycles. The summed E-state index contributed by atoms with van der Waals surface area (Å²) in [6, 6.07) is 0. The van der Waals surface area contributed by atoms with Gasteiger partial charge in [0, 0.05) is 0 Å². The van der Waals surface area contributed by atoms with Crippen LogP contribution in [0, 0.1) is 17.3 Å². The molecule has 0 nitrogen and oxygen atoms in total. The van der Waals surface area contributed by atoms with E-state index >= 15 is 0 Å². The number of hydrogen-bond acceptors (Lipinski definition) is 0. The van der Waals surface area contributed by atoms with Crippen molar-refractivity contribution >= 4 is 0 Å². The van der Waals surface area contributed by atoms with Gasteiger partial charge in [0.1, 0.15) is 0 Å². The summed E-state index contributed by atoms with van der Waals surface area (Å²) in [5.41, 5.74) is 0.545. The van der Waals surface area contributed by atoms with Crippen LogP contribution in [0.1, 0.15) is 73.6 Å². The van der Waals surface area contributed by atoms with Crippen LogP contribution in [-0.4, -0.2) is 0 Å². The second-order valence-electron chi connectivity index (χ2n) is 5.18. The minimum absolute atomic E-state index is 0.545. The average Bonchev–Trinajstić information content (AvgIpc) is 2.14. The summed E-state index contributed by atoms with van der Waals surface area (Å²) in [6.07, 6.45) is 6.69. The van der Waals surface area contributed by atoms with Crippen molar-refractivity contribution in [3.05, 3.63) is 5.92 Å². The Kier molecular flexibility index (Phi) is 6.48. The largest absolute Gasteiger partial charge is 0.0654 e. The zero-order valence-electron chi connectivity index (χ0n) is 11.1. The lowest BCUT2D eigenvalue weighted by Gasteiger charge is -2.39. The van der Waals surface area contributed by atoms with Crippen molar-refractivity contribution in [3.8, 4) is 0 Å². The highest BCUT2D eigenvalue weighted by molar-refractivity contribution is 4.96. The van der Waals surface area contributed by atoms with Gasteiger partial charge in [0.15, 0.2) is 0 Å². The van der Waals surface area contributed by atoms with Gasteiger partial charge in [-0.15, -0.1) is 0 Å². The lowest BCUT2D eigenvalue weighted by atomic mass is 9.66. The van der Waals surface area contributed by atoms with Crippen LogP contribution in [0.4, 0.5) is 0 Å². The SMILES string of the molecule is CCCC([C](C)C)C(C)(CC)CCC. The van der Waals surface area contributed by atoms with Crippen LogP contribution >= 0.6 is 0 Å².